The number of ether oxygens (including phenoxy) is 1. The maximum atomic E-state index is 13.6. The minimum Gasteiger partial charge on any atom is -0.457 e. The molecule has 0 unspecified atom stereocenters. The van der Waals surface area contributed by atoms with Crippen LogP contribution in [0, 0.1) is 6.92 Å². The number of para-hydroxylation sites is 1. The molecule has 4 aromatic carbocycles. The highest BCUT2D eigenvalue weighted by Crippen LogP contribution is 2.29. The maximum absolute atomic E-state index is 13.6. The van der Waals surface area contributed by atoms with Crippen molar-refractivity contribution in [3.8, 4) is 11.5 Å². The first-order valence-electron chi connectivity index (χ1n) is 12.1. The lowest BCUT2D eigenvalue weighted by atomic mass is 9.95. The van der Waals surface area contributed by atoms with Crippen molar-refractivity contribution in [2.75, 3.05) is 0 Å². The van der Waals surface area contributed by atoms with Crippen LogP contribution in [0.1, 0.15) is 22.3 Å². The lowest BCUT2D eigenvalue weighted by Gasteiger charge is -2.35. The van der Waals surface area contributed by atoms with Gasteiger partial charge in [-0.3, -0.25) is 4.79 Å². The maximum Gasteiger partial charge on any atom is 0.244 e. The van der Waals surface area contributed by atoms with Gasteiger partial charge in [-0.15, -0.1) is 0 Å². The Bertz CT molecular complexity index is 1500. The molecule has 4 aromatic rings. The Morgan fingerprint density at radius 1 is 0.865 bits per heavy atom. The van der Waals surface area contributed by atoms with E-state index in [0.717, 1.165) is 28.0 Å². The van der Waals surface area contributed by atoms with E-state index >= 15 is 0 Å². The smallest absolute Gasteiger partial charge is 0.244 e. The number of carbonyl (C=O) groups excluding carboxylic acids is 1. The van der Waals surface area contributed by atoms with Gasteiger partial charge < -0.3 is 10.1 Å². The topological polar surface area (TPSA) is 75.7 Å². The highest BCUT2D eigenvalue weighted by Gasteiger charge is 2.39. The fourth-order valence-electron chi connectivity index (χ4n) is 4.47. The lowest BCUT2D eigenvalue weighted by Crippen LogP contribution is -2.52. The van der Waals surface area contributed by atoms with Crippen molar-refractivity contribution in [3.05, 3.63) is 125 Å². The van der Waals surface area contributed by atoms with Crippen molar-refractivity contribution >= 4 is 15.9 Å². The van der Waals surface area contributed by atoms with Gasteiger partial charge in [0.2, 0.25) is 15.9 Å². The SMILES string of the molecule is Cc1ccc(S(=O)(=O)N2Cc3ccccc3C[C@@H]2C(=O)NCc2cccc(Oc3ccccc3)c2)cc1. The van der Waals surface area contributed by atoms with Crippen LogP contribution in [0.4, 0.5) is 0 Å². The van der Waals surface area contributed by atoms with Gasteiger partial charge in [0.25, 0.3) is 0 Å². The number of amides is 1. The van der Waals surface area contributed by atoms with E-state index in [0.29, 0.717) is 12.2 Å². The number of benzene rings is 4. The van der Waals surface area contributed by atoms with Gasteiger partial charge >= 0.3 is 0 Å². The number of nitrogens with one attached hydrogen (secondary N) is 1. The molecule has 0 saturated carbocycles. The molecule has 37 heavy (non-hydrogen) atoms. The summed E-state index contributed by atoms with van der Waals surface area (Å²) in [5, 5.41) is 2.95. The predicted octanol–water partition coefficient (Wildman–Crippen LogP) is 5.22. The molecule has 1 heterocycles. The molecule has 1 aliphatic rings. The van der Waals surface area contributed by atoms with E-state index in [2.05, 4.69) is 5.32 Å². The second kappa shape index (κ2) is 10.6. The van der Waals surface area contributed by atoms with E-state index in [-0.39, 0.29) is 23.9 Å². The molecule has 7 heteroatoms. The lowest BCUT2D eigenvalue weighted by molar-refractivity contribution is -0.125. The number of hydrogen-bond donors (Lipinski definition) is 1. The van der Waals surface area contributed by atoms with E-state index in [1.807, 2.05) is 85.8 Å². The van der Waals surface area contributed by atoms with E-state index in [1.165, 1.54) is 4.31 Å². The minimum atomic E-state index is -3.89. The Morgan fingerprint density at radius 2 is 1.54 bits per heavy atom. The number of nitrogens with zero attached hydrogens (tertiary/aromatic N) is 1. The summed E-state index contributed by atoms with van der Waals surface area (Å²) >= 11 is 0. The number of hydrogen-bond acceptors (Lipinski definition) is 4. The second-order valence-corrected chi connectivity index (χ2v) is 11.0. The average molecular weight is 513 g/mol. The zero-order valence-corrected chi connectivity index (χ0v) is 21.3. The van der Waals surface area contributed by atoms with E-state index < -0.39 is 16.1 Å². The molecule has 0 aliphatic carbocycles. The van der Waals surface area contributed by atoms with Gasteiger partial charge in [0.1, 0.15) is 17.5 Å². The molecule has 0 spiro atoms. The monoisotopic (exact) mass is 512 g/mol. The Balaban J connectivity index is 1.36. The van der Waals surface area contributed by atoms with Crippen LogP contribution < -0.4 is 10.1 Å². The molecule has 1 aliphatic heterocycles. The fraction of sp³-hybridized carbons (Fsp3) is 0.167. The number of aryl methyl sites for hydroxylation is 1. The van der Waals surface area contributed by atoms with Crippen LogP contribution in [0.25, 0.3) is 0 Å². The number of carbonyl (C=O) groups is 1. The summed E-state index contributed by atoms with van der Waals surface area (Å²) in [6.07, 6.45) is 0.310. The van der Waals surface area contributed by atoms with Crippen LogP contribution in [0.5, 0.6) is 11.5 Å². The van der Waals surface area contributed by atoms with Crippen molar-refractivity contribution in [1.29, 1.82) is 0 Å². The highest BCUT2D eigenvalue weighted by molar-refractivity contribution is 7.89. The fourth-order valence-corrected chi connectivity index (χ4v) is 6.04. The van der Waals surface area contributed by atoms with Crippen molar-refractivity contribution in [3.63, 3.8) is 0 Å². The molecule has 0 aromatic heterocycles. The molecule has 188 valence electrons. The van der Waals surface area contributed by atoms with Gasteiger partial charge in [-0.05, 0) is 66.4 Å². The summed E-state index contributed by atoms with van der Waals surface area (Å²) < 4.78 is 34.5. The van der Waals surface area contributed by atoms with Crippen LogP contribution in [0.3, 0.4) is 0 Å². The van der Waals surface area contributed by atoms with E-state index in [9.17, 15) is 13.2 Å². The summed E-state index contributed by atoms with van der Waals surface area (Å²) in [6, 6.07) is 30.5. The number of fused-ring (bicyclic) bond motifs is 1. The third kappa shape index (κ3) is 5.58. The Morgan fingerprint density at radius 3 is 2.30 bits per heavy atom. The first-order valence-corrected chi connectivity index (χ1v) is 13.6. The van der Waals surface area contributed by atoms with Crippen molar-refractivity contribution in [2.45, 2.75) is 37.4 Å². The summed E-state index contributed by atoms with van der Waals surface area (Å²) in [4.78, 5) is 13.6. The summed E-state index contributed by atoms with van der Waals surface area (Å²) in [5.74, 6) is 1.05. The van der Waals surface area contributed by atoms with Crippen LogP contribution in [0.2, 0.25) is 0 Å². The third-order valence-corrected chi connectivity index (χ3v) is 8.35. The predicted molar refractivity (Wildman–Crippen MR) is 143 cm³/mol. The molecule has 0 radical (unpaired) electrons. The molecule has 0 fully saturated rings. The zero-order chi connectivity index (χ0) is 25.8. The van der Waals surface area contributed by atoms with Gasteiger partial charge in [0, 0.05) is 13.1 Å². The molecule has 6 nitrogen and oxygen atoms in total. The first-order chi connectivity index (χ1) is 17.9. The molecule has 1 amide bonds. The number of rotatable bonds is 7. The zero-order valence-electron chi connectivity index (χ0n) is 20.5. The van der Waals surface area contributed by atoms with E-state index in [1.54, 1.807) is 24.3 Å². The Labute approximate surface area is 217 Å². The first kappa shape index (κ1) is 24.7. The standard InChI is InChI=1S/C30H28N2O4S/c1-22-14-16-28(17-15-22)37(34,35)32-21-25-10-6-5-9-24(25)19-29(32)30(33)31-20-23-8-7-13-27(18-23)36-26-11-3-2-4-12-26/h2-18,29H,19-21H2,1H3,(H,31,33)/t29-/m1/s1. The molecule has 1 N–H and O–H groups in total. The van der Waals surface area contributed by atoms with Crippen molar-refractivity contribution < 1.29 is 17.9 Å². The van der Waals surface area contributed by atoms with Crippen LogP contribution >= 0.6 is 0 Å². The molecular weight excluding hydrogens is 484 g/mol. The van der Waals surface area contributed by atoms with Crippen molar-refractivity contribution in [2.24, 2.45) is 0 Å². The van der Waals surface area contributed by atoms with E-state index in [4.69, 9.17) is 4.74 Å². The molecular formula is C30H28N2O4S. The minimum absolute atomic E-state index is 0.144. The van der Waals surface area contributed by atoms with Gasteiger partial charge in [-0.2, -0.15) is 4.31 Å². The largest absolute Gasteiger partial charge is 0.457 e. The molecule has 0 saturated heterocycles. The van der Waals surface area contributed by atoms with Gasteiger partial charge in [-0.25, -0.2) is 8.42 Å². The van der Waals surface area contributed by atoms with Gasteiger partial charge in [0.15, 0.2) is 0 Å². The normalized spacial score (nSPS) is 15.5. The highest BCUT2D eigenvalue weighted by atomic mass is 32.2. The average Bonchev–Trinajstić information content (AvgIpc) is 2.92. The van der Waals surface area contributed by atoms with Crippen LogP contribution in [-0.2, 0) is 34.3 Å². The Kier molecular flexibility index (Phi) is 7.08. The molecule has 0 bridgehead atoms. The molecule has 5 rings (SSSR count). The summed E-state index contributed by atoms with van der Waals surface area (Å²) in [5.41, 5.74) is 3.71. The quantitative estimate of drug-likeness (QED) is 0.368. The number of sulfonamides is 1. The van der Waals surface area contributed by atoms with Crippen molar-refractivity contribution in [1.82, 2.24) is 9.62 Å². The Hall–Kier alpha value is -3.94. The van der Waals surface area contributed by atoms with Crippen LogP contribution in [0.15, 0.2) is 108 Å². The van der Waals surface area contributed by atoms with Crippen LogP contribution in [-0.4, -0.2) is 24.7 Å². The second-order valence-electron chi connectivity index (χ2n) is 9.13. The van der Waals surface area contributed by atoms with Gasteiger partial charge in [0.05, 0.1) is 4.90 Å². The third-order valence-electron chi connectivity index (χ3n) is 6.48. The summed E-state index contributed by atoms with van der Waals surface area (Å²) in [6.45, 7) is 2.30. The molecule has 1 atom stereocenters. The summed E-state index contributed by atoms with van der Waals surface area (Å²) in [7, 11) is -3.89. The van der Waals surface area contributed by atoms with Gasteiger partial charge in [-0.1, -0.05) is 72.3 Å².